The van der Waals surface area contributed by atoms with Crippen molar-refractivity contribution in [3.05, 3.63) is 0 Å². The van der Waals surface area contributed by atoms with Gasteiger partial charge in [-0.15, -0.1) is 0 Å². The highest BCUT2D eigenvalue weighted by molar-refractivity contribution is 4.52. The third-order valence-corrected chi connectivity index (χ3v) is 5.00. The number of hydrogen-bond donors (Lipinski definition) is 0. The molecule has 0 N–H and O–H groups in total. The fourth-order valence-electron chi connectivity index (χ4n) is 1.25. The Balaban J connectivity index is -0.0000000635. The molecule has 160 valence electrons. The van der Waals surface area contributed by atoms with Crippen LogP contribution < -0.4 is 0 Å². The number of hydrogen-bond acceptors (Lipinski definition) is 0. The fraction of sp³-hybridized carbons (Fsp3) is 1.00. The van der Waals surface area contributed by atoms with Crippen molar-refractivity contribution in [2.24, 2.45) is 0 Å². The monoisotopic (exact) mass is 360 g/mol. The smallest absolute Gasteiger partial charge is 0.0533 e. The Hall–Kier alpha value is 0. The molecule has 5 fully saturated rings. The van der Waals surface area contributed by atoms with Crippen molar-refractivity contribution < 1.29 is 0 Å². The van der Waals surface area contributed by atoms with E-state index >= 15 is 0 Å². The summed E-state index contributed by atoms with van der Waals surface area (Å²) < 4.78 is 0. The van der Waals surface area contributed by atoms with Gasteiger partial charge in [-0.05, 0) is 0 Å². The summed E-state index contributed by atoms with van der Waals surface area (Å²) in [5.74, 6) is 0. The van der Waals surface area contributed by atoms with Crippen molar-refractivity contribution in [3.63, 3.8) is 0 Å². The van der Waals surface area contributed by atoms with Gasteiger partial charge in [0.2, 0.25) is 0 Å². The van der Waals surface area contributed by atoms with Crippen LogP contribution >= 0.6 is 0 Å². The molecule has 0 spiro atoms. The molecule has 0 amide bonds. The molecule has 0 aliphatic heterocycles. The molecular formula is C25H60. The van der Waals surface area contributed by atoms with Crippen molar-refractivity contribution in [2.75, 3.05) is 0 Å². The molecule has 0 heterocycles. The molecule has 5 aliphatic rings. The average molecular weight is 361 g/mol. The van der Waals surface area contributed by atoms with Crippen molar-refractivity contribution in [3.8, 4) is 0 Å². The summed E-state index contributed by atoms with van der Waals surface area (Å²) in [6.07, 6.45) is 30.0. The van der Waals surface area contributed by atoms with Crippen molar-refractivity contribution in [1.29, 1.82) is 0 Å². The minimum absolute atomic E-state index is 0. The van der Waals surface area contributed by atoms with Gasteiger partial charge in [-0.3, -0.25) is 0 Å². The van der Waals surface area contributed by atoms with E-state index in [4.69, 9.17) is 0 Å². The second-order valence-electron chi connectivity index (χ2n) is 7.07. The normalized spacial score (nSPS) is 19.2. The maximum atomic E-state index is 1.50. The lowest BCUT2D eigenvalue weighted by molar-refractivity contribution is 0.504. The summed E-state index contributed by atoms with van der Waals surface area (Å²) in [6, 6.07) is 0. The molecule has 5 rings (SSSR count). The van der Waals surface area contributed by atoms with Crippen LogP contribution in [0.5, 0.6) is 0 Å². The zero-order valence-corrected chi connectivity index (χ0v) is 14.1. The van der Waals surface area contributed by atoms with E-state index in [2.05, 4.69) is 0 Å². The van der Waals surface area contributed by atoms with Gasteiger partial charge in [0.1, 0.15) is 0 Å². The maximum absolute atomic E-state index is 1.50. The SMILES string of the molecule is C.C.C.C.C.C1CCC1.C1CCC1.C1CCC1.C1CCC1.C1CCC1. The molecule has 0 saturated heterocycles. The molecule has 25 heavy (non-hydrogen) atoms. The van der Waals surface area contributed by atoms with Gasteiger partial charge in [-0.2, -0.15) is 0 Å². The van der Waals surface area contributed by atoms with E-state index in [1.165, 1.54) is 128 Å². The molecule has 5 aliphatic carbocycles. The molecule has 0 aromatic rings. The van der Waals surface area contributed by atoms with Crippen LogP contribution in [0.2, 0.25) is 0 Å². The molecule has 0 radical (unpaired) electrons. The van der Waals surface area contributed by atoms with Crippen LogP contribution in [0.1, 0.15) is 166 Å². The zero-order chi connectivity index (χ0) is 14.1. The molecule has 0 heteroatoms. The van der Waals surface area contributed by atoms with E-state index in [1.807, 2.05) is 0 Å². The van der Waals surface area contributed by atoms with E-state index in [0.717, 1.165) is 0 Å². The van der Waals surface area contributed by atoms with E-state index in [-0.39, 0.29) is 37.1 Å². The van der Waals surface area contributed by atoms with Crippen LogP contribution in [0.15, 0.2) is 0 Å². The first kappa shape index (κ1) is 36.0. The predicted molar refractivity (Wildman–Crippen MR) is 126 cm³/mol. The Labute approximate surface area is 166 Å². The molecule has 0 aromatic carbocycles. The van der Waals surface area contributed by atoms with Gasteiger partial charge in [0, 0.05) is 0 Å². The van der Waals surface area contributed by atoms with Crippen LogP contribution in [0, 0.1) is 0 Å². The van der Waals surface area contributed by atoms with Crippen LogP contribution in [-0.2, 0) is 0 Å². The summed E-state index contributed by atoms with van der Waals surface area (Å²) in [4.78, 5) is 0. The first-order valence-corrected chi connectivity index (χ1v) is 10.00. The topological polar surface area (TPSA) is 0 Å². The fourth-order valence-corrected chi connectivity index (χ4v) is 1.25. The summed E-state index contributed by atoms with van der Waals surface area (Å²) >= 11 is 0. The summed E-state index contributed by atoms with van der Waals surface area (Å²) in [6.45, 7) is 0. The second-order valence-corrected chi connectivity index (χ2v) is 7.07. The van der Waals surface area contributed by atoms with Crippen LogP contribution in [-0.4, -0.2) is 0 Å². The molecule has 5 saturated carbocycles. The van der Waals surface area contributed by atoms with Gasteiger partial charge in [0.25, 0.3) is 0 Å². The molecule has 0 unspecified atom stereocenters. The van der Waals surface area contributed by atoms with Gasteiger partial charge in [0.05, 0.1) is 0 Å². The molecule has 0 aromatic heterocycles. The van der Waals surface area contributed by atoms with Crippen molar-refractivity contribution in [1.82, 2.24) is 0 Å². The average Bonchev–Trinajstić information content (AvgIpc) is 1.79. The molecule has 0 bridgehead atoms. The van der Waals surface area contributed by atoms with Gasteiger partial charge in [-0.25, -0.2) is 0 Å². The van der Waals surface area contributed by atoms with Crippen LogP contribution in [0.4, 0.5) is 0 Å². The van der Waals surface area contributed by atoms with Crippen molar-refractivity contribution >= 4 is 0 Å². The van der Waals surface area contributed by atoms with E-state index in [1.54, 1.807) is 0 Å². The minimum Gasteiger partial charge on any atom is -0.0776 e. The van der Waals surface area contributed by atoms with Crippen LogP contribution in [0.25, 0.3) is 0 Å². The van der Waals surface area contributed by atoms with Gasteiger partial charge in [0.15, 0.2) is 0 Å². The minimum atomic E-state index is 0. The van der Waals surface area contributed by atoms with Crippen LogP contribution in [0.3, 0.4) is 0 Å². The molecular weight excluding hydrogens is 300 g/mol. The summed E-state index contributed by atoms with van der Waals surface area (Å²) in [7, 11) is 0. The summed E-state index contributed by atoms with van der Waals surface area (Å²) in [5.41, 5.74) is 0. The third kappa shape index (κ3) is 29.0. The lowest BCUT2D eigenvalue weighted by Crippen LogP contribution is -1.85. The first-order valence-electron chi connectivity index (χ1n) is 10.00. The quantitative estimate of drug-likeness (QED) is 0.403. The highest BCUT2D eigenvalue weighted by atomic mass is 14.0. The Morgan fingerprint density at radius 1 is 0.120 bits per heavy atom. The Bertz CT molecular complexity index is 86.4. The maximum Gasteiger partial charge on any atom is -0.0533 e. The van der Waals surface area contributed by atoms with Gasteiger partial charge >= 0.3 is 0 Å². The lowest BCUT2D eigenvalue weighted by Gasteiger charge is -2.05. The Morgan fingerprint density at radius 3 is 0.160 bits per heavy atom. The third-order valence-electron chi connectivity index (χ3n) is 5.00. The zero-order valence-electron chi connectivity index (χ0n) is 14.1. The van der Waals surface area contributed by atoms with E-state index in [0.29, 0.717) is 0 Å². The largest absolute Gasteiger partial charge is 0.0776 e. The number of rotatable bonds is 0. The highest BCUT2D eigenvalue weighted by Gasteiger charge is 1.96. The Morgan fingerprint density at radius 2 is 0.160 bits per heavy atom. The highest BCUT2D eigenvalue weighted by Crippen LogP contribution is 2.16. The summed E-state index contributed by atoms with van der Waals surface area (Å²) in [5, 5.41) is 0. The van der Waals surface area contributed by atoms with Gasteiger partial charge < -0.3 is 0 Å². The molecule has 0 atom stereocenters. The Kier molecular flexibility index (Phi) is 45.7. The van der Waals surface area contributed by atoms with Crippen molar-refractivity contribution in [2.45, 2.75) is 166 Å². The molecule has 0 nitrogen and oxygen atoms in total. The van der Waals surface area contributed by atoms with E-state index in [9.17, 15) is 0 Å². The predicted octanol–water partition coefficient (Wildman–Crippen LogP) is 11.0. The first-order chi connectivity index (χ1) is 10.0. The lowest BCUT2D eigenvalue weighted by atomic mass is 10.0. The second kappa shape index (κ2) is 31.7. The van der Waals surface area contributed by atoms with E-state index < -0.39 is 0 Å². The standard InChI is InChI=1S/5C4H8.5CH4/c5*1-2-4-3-1;;;;;/h5*1-4H2;5*1H4. The van der Waals surface area contributed by atoms with Gasteiger partial charge in [-0.1, -0.05) is 166 Å².